The van der Waals surface area contributed by atoms with Crippen LogP contribution in [0.4, 0.5) is 0 Å². The number of benzene rings is 1. The Kier molecular flexibility index (Phi) is 6.16. The molecule has 0 heterocycles. The van der Waals surface area contributed by atoms with E-state index in [0.29, 0.717) is 29.8 Å². The largest absolute Gasteiger partial charge is 0.481 e. The Labute approximate surface area is 150 Å². The first-order valence-electron chi connectivity index (χ1n) is 8.02. The van der Waals surface area contributed by atoms with Crippen LogP contribution in [0.15, 0.2) is 24.3 Å². The van der Waals surface area contributed by atoms with Crippen molar-refractivity contribution in [1.82, 2.24) is 0 Å². The molecule has 0 bridgehead atoms. The molecule has 0 aromatic heterocycles. The van der Waals surface area contributed by atoms with E-state index < -0.39 is 35.4 Å². The third kappa shape index (κ3) is 4.36. The second-order valence-electron chi connectivity index (χ2n) is 6.17. The van der Waals surface area contributed by atoms with Crippen LogP contribution in [0.5, 0.6) is 0 Å². The van der Waals surface area contributed by atoms with Crippen LogP contribution in [0.25, 0.3) is 0 Å². The number of carbonyl (C=O) groups is 3. The molecule has 0 unspecified atom stereocenters. The Morgan fingerprint density at radius 1 is 1.40 bits per heavy atom. The number of nitrogens with two attached hydrogens (primary N) is 2. The SMILES string of the molecule is N[C@@H](CCC(=O)O)C(=O)O[C@H]1CCC[C@@](N)(c2ccccc2Cl)C1=O. The molecule has 3 atom stereocenters. The maximum absolute atomic E-state index is 12.8. The zero-order valence-corrected chi connectivity index (χ0v) is 14.4. The lowest BCUT2D eigenvalue weighted by atomic mass is 9.75. The van der Waals surface area contributed by atoms with Gasteiger partial charge in [0, 0.05) is 11.4 Å². The molecule has 0 saturated heterocycles. The molecule has 136 valence electrons. The minimum absolute atomic E-state index is 0.0621. The molecule has 2 rings (SSSR count). The Morgan fingerprint density at radius 3 is 2.72 bits per heavy atom. The predicted octanol–water partition coefficient (Wildman–Crippen LogP) is 1.35. The lowest BCUT2D eigenvalue weighted by Crippen LogP contribution is -2.54. The molecule has 0 amide bonds. The number of carboxylic acids is 1. The molecule has 1 aliphatic rings. The number of hydrogen-bond acceptors (Lipinski definition) is 6. The van der Waals surface area contributed by atoms with Gasteiger partial charge < -0.3 is 21.3 Å². The highest BCUT2D eigenvalue weighted by Gasteiger charge is 2.46. The van der Waals surface area contributed by atoms with Crippen LogP contribution in [0.3, 0.4) is 0 Å². The summed E-state index contributed by atoms with van der Waals surface area (Å²) >= 11 is 6.17. The van der Waals surface area contributed by atoms with Gasteiger partial charge in [0.25, 0.3) is 0 Å². The number of Topliss-reactive ketones (excluding diaryl/α,β-unsaturated/α-hetero) is 1. The zero-order valence-electron chi connectivity index (χ0n) is 13.6. The first kappa shape index (κ1) is 19.4. The molecule has 25 heavy (non-hydrogen) atoms. The van der Waals surface area contributed by atoms with Crippen molar-refractivity contribution in [2.75, 3.05) is 0 Å². The van der Waals surface area contributed by atoms with Gasteiger partial charge in [-0.3, -0.25) is 14.4 Å². The third-order valence-corrected chi connectivity index (χ3v) is 4.68. The van der Waals surface area contributed by atoms with Gasteiger partial charge in [-0.2, -0.15) is 0 Å². The Balaban J connectivity index is 2.10. The summed E-state index contributed by atoms with van der Waals surface area (Å²) in [5.41, 5.74) is 11.1. The van der Waals surface area contributed by atoms with E-state index in [4.69, 9.17) is 32.9 Å². The zero-order chi connectivity index (χ0) is 18.6. The fourth-order valence-electron chi connectivity index (χ4n) is 2.94. The fraction of sp³-hybridized carbons (Fsp3) is 0.471. The van der Waals surface area contributed by atoms with E-state index in [9.17, 15) is 14.4 Å². The van der Waals surface area contributed by atoms with Crippen LogP contribution in [0.2, 0.25) is 5.02 Å². The molecular weight excluding hydrogens is 348 g/mol. The quantitative estimate of drug-likeness (QED) is 0.645. The average Bonchev–Trinajstić information content (AvgIpc) is 2.57. The molecule has 0 radical (unpaired) electrons. The van der Waals surface area contributed by atoms with Crippen LogP contribution < -0.4 is 11.5 Å². The van der Waals surface area contributed by atoms with Gasteiger partial charge in [0.05, 0.1) is 0 Å². The monoisotopic (exact) mass is 368 g/mol. The average molecular weight is 369 g/mol. The molecule has 1 saturated carbocycles. The predicted molar refractivity (Wildman–Crippen MR) is 90.9 cm³/mol. The Bertz CT molecular complexity index is 681. The summed E-state index contributed by atoms with van der Waals surface area (Å²) in [5.74, 6) is -2.29. The van der Waals surface area contributed by atoms with E-state index in [1.165, 1.54) is 0 Å². The van der Waals surface area contributed by atoms with Crippen LogP contribution in [0.1, 0.15) is 37.7 Å². The number of ketones is 1. The lowest BCUT2D eigenvalue weighted by Gasteiger charge is -2.37. The standard InChI is InChI=1S/C17H21ClN2O5/c18-11-5-2-1-4-10(11)17(20)9-3-6-13(15(17)23)25-16(24)12(19)7-8-14(21)22/h1-2,4-5,12-13H,3,6-9,19-20H2,(H,21,22)/t12-,13-,17+/m0/s1. The third-order valence-electron chi connectivity index (χ3n) is 4.35. The normalized spacial score (nSPS) is 24.6. The number of halogens is 1. The van der Waals surface area contributed by atoms with Crippen molar-refractivity contribution >= 4 is 29.3 Å². The van der Waals surface area contributed by atoms with Crippen molar-refractivity contribution in [3.63, 3.8) is 0 Å². The number of carboxylic acid groups (broad SMARTS) is 1. The number of carbonyl (C=O) groups excluding carboxylic acids is 2. The molecule has 1 aliphatic carbocycles. The van der Waals surface area contributed by atoms with E-state index >= 15 is 0 Å². The van der Waals surface area contributed by atoms with Gasteiger partial charge in [0.1, 0.15) is 11.6 Å². The van der Waals surface area contributed by atoms with Crippen LogP contribution in [-0.4, -0.2) is 35.0 Å². The summed E-state index contributed by atoms with van der Waals surface area (Å²) in [4.78, 5) is 35.4. The van der Waals surface area contributed by atoms with E-state index in [-0.39, 0.29) is 12.8 Å². The second kappa shape index (κ2) is 7.95. The molecule has 8 heteroatoms. The summed E-state index contributed by atoms with van der Waals surface area (Å²) in [6.45, 7) is 0. The number of ether oxygens (including phenoxy) is 1. The highest BCUT2D eigenvalue weighted by molar-refractivity contribution is 6.31. The molecule has 1 aromatic rings. The highest BCUT2D eigenvalue weighted by Crippen LogP contribution is 2.36. The molecule has 7 nitrogen and oxygen atoms in total. The minimum atomic E-state index is -1.33. The summed E-state index contributed by atoms with van der Waals surface area (Å²) < 4.78 is 5.22. The van der Waals surface area contributed by atoms with E-state index in [0.717, 1.165) is 0 Å². The number of rotatable bonds is 6. The minimum Gasteiger partial charge on any atom is -0.481 e. The Hall–Kier alpha value is -1.96. The van der Waals surface area contributed by atoms with Crippen molar-refractivity contribution < 1.29 is 24.2 Å². The van der Waals surface area contributed by atoms with Crippen molar-refractivity contribution in [3.8, 4) is 0 Å². The van der Waals surface area contributed by atoms with E-state index in [1.54, 1.807) is 24.3 Å². The lowest BCUT2D eigenvalue weighted by molar-refractivity contribution is -0.161. The maximum Gasteiger partial charge on any atom is 0.323 e. The smallest absolute Gasteiger partial charge is 0.323 e. The first-order chi connectivity index (χ1) is 11.8. The van der Waals surface area contributed by atoms with Crippen molar-refractivity contribution in [2.24, 2.45) is 11.5 Å². The molecule has 0 spiro atoms. The summed E-state index contributed by atoms with van der Waals surface area (Å²) in [5, 5.41) is 9.02. The second-order valence-corrected chi connectivity index (χ2v) is 6.58. The molecule has 0 aliphatic heterocycles. The summed E-state index contributed by atoms with van der Waals surface area (Å²) in [6, 6.07) is 5.71. The maximum atomic E-state index is 12.8. The van der Waals surface area contributed by atoms with E-state index in [2.05, 4.69) is 0 Å². The van der Waals surface area contributed by atoms with Gasteiger partial charge in [-0.1, -0.05) is 29.8 Å². The van der Waals surface area contributed by atoms with Crippen molar-refractivity contribution in [1.29, 1.82) is 0 Å². The molecule has 1 aromatic carbocycles. The number of hydrogen-bond donors (Lipinski definition) is 3. The van der Waals surface area contributed by atoms with Gasteiger partial charge in [-0.25, -0.2) is 0 Å². The van der Waals surface area contributed by atoms with E-state index in [1.807, 2.05) is 0 Å². The van der Waals surface area contributed by atoms with Gasteiger partial charge in [0.2, 0.25) is 0 Å². The van der Waals surface area contributed by atoms with Crippen LogP contribution in [0, 0.1) is 0 Å². The van der Waals surface area contributed by atoms with Crippen LogP contribution in [-0.2, 0) is 24.7 Å². The highest BCUT2D eigenvalue weighted by atomic mass is 35.5. The molecular formula is C17H21ClN2O5. The molecule has 1 fully saturated rings. The number of aliphatic carboxylic acids is 1. The van der Waals surface area contributed by atoms with Gasteiger partial charge in [-0.15, -0.1) is 0 Å². The van der Waals surface area contributed by atoms with Crippen molar-refractivity contribution in [3.05, 3.63) is 34.9 Å². The Morgan fingerprint density at radius 2 is 2.08 bits per heavy atom. The topological polar surface area (TPSA) is 133 Å². The fourth-order valence-corrected chi connectivity index (χ4v) is 3.24. The van der Waals surface area contributed by atoms with Gasteiger partial charge >= 0.3 is 11.9 Å². The summed E-state index contributed by atoms with van der Waals surface area (Å²) in [6.07, 6.45) is -0.00865. The first-order valence-corrected chi connectivity index (χ1v) is 8.39. The van der Waals surface area contributed by atoms with Crippen LogP contribution >= 0.6 is 11.6 Å². The summed E-state index contributed by atoms with van der Waals surface area (Å²) in [7, 11) is 0. The molecule has 5 N–H and O–H groups in total. The van der Waals surface area contributed by atoms with Gasteiger partial charge in [0.15, 0.2) is 11.9 Å². The number of esters is 1. The van der Waals surface area contributed by atoms with Gasteiger partial charge in [-0.05, 0) is 37.3 Å². The van der Waals surface area contributed by atoms with Crippen molar-refractivity contribution in [2.45, 2.75) is 49.8 Å².